The fourth-order valence-corrected chi connectivity index (χ4v) is 1.58. The second-order valence-corrected chi connectivity index (χ2v) is 3.83. The van der Waals surface area contributed by atoms with Crippen LogP contribution in [-0.2, 0) is 0 Å². The molecule has 1 fully saturated rings. The van der Waals surface area contributed by atoms with Crippen molar-refractivity contribution in [1.82, 2.24) is 0 Å². The van der Waals surface area contributed by atoms with Crippen LogP contribution < -0.4 is 0 Å². The Hall–Kier alpha value is 0.580. The van der Waals surface area contributed by atoms with E-state index in [0.29, 0.717) is 5.92 Å². The van der Waals surface area contributed by atoms with Crippen molar-refractivity contribution in [3.05, 3.63) is 6.92 Å². The van der Waals surface area contributed by atoms with Gasteiger partial charge in [-0.1, -0.05) is 6.92 Å². The van der Waals surface area contributed by atoms with Crippen LogP contribution in [0.2, 0.25) is 0 Å². The van der Waals surface area contributed by atoms with Crippen molar-refractivity contribution in [3.8, 4) is 0 Å². The first-order valence-corrected chi connectivity index (χ1v) is 3.59. The van der Waals surface area contributed by atoms with Crippen molar-refractivity contribution in [2.45, 2.75) is 23.6 Å². The van der Waals surface area contributed by atoms with Crippen LogP contribution in [0.4, 0.5) is 0 Å². The van der Waals surface area contributed by atoms with Crippen LogP contribution >= 0.6 is 23.2 Å². The minimum Gasteiger partial charge on any atom is -0.101 e. The zero-order valence-corrected chi connectivity index (χ0v) is 6.17. The van der Waals surface area contributed by atoms with Gasteiger partial charge in [0.25, 0.3) is 0 Å². The molecule has 0 bridgehead atoms. The molecule has 1 aliphatic carbocycles. The minimum atomic E-state index is -0.429. The van der Waals surface area contributed by atoms with Crippen LogP contribution in [0.15, 0.2) is 0 Å². The molecule has 0 N–H and O–H groups in total. The third kappa shape index (κ3) is 0.964. The van der Waals surface area contributed by atoms with E-state index in [2.05, 4.69) is 6.92 Å². The van der Waals surface area contributed by atoms with Gasteiger partial charge in [0.1, 0.15) is 4.33 Å². The standard InChI is InChI=1S/C6H9Cl2/c1-2-5-3-4-6(5,7)8/h5H,1-4H2. The van der Waals surface area contributed by atoms with Gasteiger partial charge in [-0.15, -0.1) is 23.2 Å². The molecule has 1 unspecified atom stereocenters. The molecule has 0 aromatic rings. The van der Waals surface area contributed by atoms with E-state index in [0.717, 1.165) is 19.3 Å². The lowest BCUT2D eigenvalue weighted by atomic mass is 9.82. The molecule has 8 heavy (non-hydrogen) atoms. The molecule has 0 amide bonds. The number of hydrogen-bond donors (Lipinski definition) is 0. The van der Waals surface area contributed by atoms with Gasteiger partial charge in [0.2, 0.25) is 0 Å². The quantitative estimate of drug-likeness (QED) is 0.506. The second-order valence-electron chi connectivity index (χ2n) is 2.29. The first-order valence-electron chi connectivity index (χ1n) is 2.84. The lowest BCUT2D eigenvalue weighted by Gasteiger charge is -2.38. The Morgan fingerprint density at radius 1 is 1.62 bits per heavy atom. The Kier molecular flexibility index (Phi) is 1.74. The molecule has 1 rings (SSSR count). The molecular weight excluding hydrogens is 143 g/mol. The highest BCUT2D eigenvalue weighted by atomic mass is 35.5. The third-order valence-corrected chi connectivity index (χ3v) is 2.77. The van der Waals surface area contributed by atoms with Crippen LogP contribution in [0.1, 0.15) is 19.3 Å². The average molecular weight is 152 g/mol. The fourth-order valence-electron chi connectivity index (χ4n) is 0.922. The first kappa shape index (κ1) is 6.70. The van der Waals surface area contributed by atoms with E-state index in [-0.39, 0.29) is 0 Å². The van der Waals surface area contributed by atoms with Gasteiger partial charge >= 0.3 is 0 Å². The van der Waals surface area contributed by atoms with Crippen molar-refractivity contribution in [2.24, 2.45) is 5.92 Å². The summed E-state index contributed by atoms with van der Waals surface area (Å²) in [5, 5.41) is 0. The lowest BCUT2D eigenvalue weighted by Crippen LogP contribution is -2.35. The Bertz CT molecular complexity index is 86.5. The molecule has 0 aromatic heterocycles. The molecule has 0 aliphatic heterocycles. The number of alkyl halides is 2. The van der Waals surface area contributed by atoms with E-state index >= 15 is 0 Å². The summed E-state index contributed by atoms with van der Waals surface area (Å²) >= 11 is 11.6. The second kappa shape index (κ2) is 2.07. The predicted molar refractivity (Wildman–Crippen MR) is 37.1 cm³/mol. The summed E-state index contributed by atoms with van der Waals surface area (Å²) in [6.07, 6.45) is 2.96. The SMILES string of the molecule is [CH2]CC1CCC1(Cl)Cl. The Labute approximate surface area is 60.2 Å². The van der Waals surface area contributed by atoms with Crippen molar-refractivity contribution in [3.63, 3.8) is 0 Å². The number of rotatable bonds is 1. The normalized spacial score (nSPS) is 34.1. The molecule has 0 saturated heterocycles. The van der Waals surface area contributed by atoms with Gasteiger partial charge in [-0.25, -0.2) is 0 Å². The highest BCUT2D eigenvalue weighted by Crippen LogP contribution is 2.48. The molecular formula is C6H9Cl2. The molecule has 0 heterocycles. The van der Waals surface area contributed by atoms with Crippen molar-refractivity contribution in [2.75, 3.05) is 0 Å². The molecule has 47 valence electrons. The van der Waals surface area contributed by atoms with E-state index in [1.54, 1.807) is 0 Å². The lowest BCUT2D eigenvalue weighted by molar-refractivity contribution is 0.291. The summed E-state index contributed by atoms with van der Waals surface area (Å²) in [7, 11) is 0. The summed E-state index contributed by atoms with van der Waals surface area (Å²) in [6.45, 7) is 3.73. The molecule has 1 atom stereocenters. The van der Waals surface area contributed by atoms with E-state index in [9.17, 15) is 0 Å². The van der Waals surface area contributed by atoms with Gasteiger partial charge in [0.05, 0.1) is 0 Å². The monoisotopic (exact) mass is 151 g/mol. The maximum absolute atomic E-state index is 5.80. The predicted octanol–water partition coefficient (Wildman–Crippen LogP) is 2.79. The van der Waals surface area contributed by atoms with Crippen LogP contribution in [-0.4, -0.2) is 4.33 Å². The summed E-state index contributed by atoms with van der Waals surface area (Å²) in [4.78, 5) is 0. The molecule has 0 spiro atoms. The Balaban J connectivity index is 2.37. The highest BCUT2D eigenvalue weighted by molar-refractivity contribution is 6.49. The minimum absolute atomic E-state index is 0.429. The van der Waals surface area contributed by atoms with Gasteiger partial charge in [0.15, 0.2) is 0 Å². The van der Waals surface area contributed by atoms with Crippen LogP contribution in [0.3, 0.4) is 0 Å². The Morgan fingerprint density at radius 2 is 2.25 bits per heavy atom. The third-order valence-electron chi connectivity index (χ3n) is 1.77. The Morgan fingerprint density at radius 3 is 2.25 bits per heavy atom. The van der Waals surface area contributed by atoms with Gasteiger partial charge < -0.3 is 0 Å². The van der Waals surface area contributed by atoms with Gasteiger partial charge in [0, 0.05) is 0 Å². The fraction of sp³-hybridized carbons (Fsp3) is 0.833. The molecule has 1 radical (unpaired) electrons. The molecule has 2 heteroatoms. The summed E-state index contributed by atoms with van der Waals surface area (Å²) in [5.41, 5.74) is 0. The van der Waals surface area contributed by atoms with Crippen molar-refractivity contribution < 1.29 is 0 Å². The average Bonchev–Trinajstić information content (AvgIpc) is 1.66. The maximum Gasteiger partial charge on any atom is 0.121 e. The van der Waals surface area contributed by atoms with Crippen molar-refractivity contribution in [1.29, 1.82) is 0 Å². The van der Waals surface area contributed by atoms with E-state index in [1.807, 2.05) is 0 Å². The topological polar surface area (TPSA) is 0 Å². The highest BCUT2D eigenvalue weighted by Gasteiger charge is 2.41. The molecule has 0 aromatic carbocycles. The molecule has 1 saturated carbocycles. The van der Waals surface area contributed by atoms with E-state index in [4.69, 9.17) is 23.2 Å². The van der Waals surface area contributed by atoms with Crippen molar-refractivity contribution >= 4 is 23.2 Å². The maximum atomic E-state index is 5.80. The molecule has 1 aliphatic rings. The zero-order chi connectivity index (χ0) is 6.20. The van der Waals surface area contributed by atoms with Gasteiger partial charge in [-0.2, -0.15) is 0 Å². The number of hydrogen-bond acceptors (Lipinski definition) is 0. The molecule has 0 nitrogen and oxygen atoms in total. The van der Waals surface area contributed by atoms with Gasteiger partial charge in [-0.3, -0.25) is 0 Å². The smallest absolute Gasteiger partial charge is 0.101 e. The van der Waals surface area contributed by atoms with Gasteiger partial charge in [-0.05, 0) is 25.2 Å². The van der Waals surface area contributed by atoms with Crippen LogP contribution in [0.25, 0.3) is 0 Å². The van der Waals surface area contributed by atoms with Crippen LogP contribution in [0, 0.1) is 12.8 Å². The number of halogens is 2. The first-order chi connectivity index (χ1) is 3.67. The van der Waals surface area contributed by atoms with E-state index in [1.165, 1.54) is 0 Å². The summed E-state index contributed by atoms with van der Waals surface area (Å²) in [6, 6.07) is 0. The largest absolute Gasteiger partial charge is 0.121 e. The summed E-state index contributed by atoms with van der Waals surface area (Å²) in [5.74, 6) is 0.450. The van der Waals surface area contributed by atoms with Crippen LogP contribution in [0.5, 0.6) is 0 Å². The summed E-state index contributed by atoms with van der Waals surface area (Å²) < 4.78 is -0.429. The zero-order valence-electron chi connectivity index (χ0n) is 4.66. The van der Waals surface area contributed by atoms with E-state index < -0.39 is 4.33 Å².